The van der Waals surface area contributed by atoms with Gasteiger partial charge in [0.15, 0.2) is 0 Å². The van der Waals surface area contributed by atoms with E-state index in [-0.39, 0.29) is 17.9 Å². The molecule has 3 aromatic rings. The molecule has 0 amide bonds. The topological polar surface area (TPSA) is 100 Å². The zero-order chi connectivity index (χ0) is 30.3. The Labute approximate surface area is 253 Å². The van der Waals surface area contributed by atoms with Gasteiger partial charge in [0, 0.05) is 12.8 Å². The molecule has 1 aliphatic carbocycles. The van der Waals surface area contributed by atoms with E-state index in [1.807, 2.05) is 60.7 Å². The number of nitrogens with zero attached hydrogens (tertiary/aromatic N) is 2. The zero-order valence-electron chi connectivity index (χ0n) is 24.3. The van der Waals surface area contributed by atoms with Gasteiger partial charge < -0.3 is 9.47 Å². The van der Waals surface area contributed by atoms with E-state index in [4.69, 9.17) is 20.0 Å². The zero-order valence-corrected chi connectivity index (χ0v) is 24.3. The van der Waals surface area contributed by atoms with Crippen molar-refractivity contribution in [3.8, 4) is 34.8 Å². The molecule has 0 N–H and O–H groups in total. The average molecular weight is 573 g/mol. The Morgan fingerprint density at radius 1 is 0.698 bits per heavy atom. The van der Waals surface area contributed by atoms with E-state index in [1.165, 1.54) is 0 Å². The van der Waals surface area contributed by atoms with Crippen LogP contribution in [0.5, 0.6) is 11.5 Å². The summed E-state index contributed by atoms with van der Waals surface area (Å²) in [5.41, 5.74) is 4.62. The molecule has 0 heterocycles. The van der Waals surface area contributed by atoms with Gasteiger partial charge in [-0.1, -0.05) is 86.7 Å². The van der Waals surface area contributed by atoms with Gasteiger partial charge in [0.2, 0.25) is 0 Å². The van der Waals surface area contributed by atoms with Crippen molar-refractivity contribution in [2.45, 2.75) is 64.2 Å². The lowest BCUT2D eigenvalue weighted by molar-refractivity contribution is -0.135. The number of hydrogen-bond acceptors (Lipinski definition) is 6. The minimum Gasteiger partial charge on any atom is -0.427 e. The Bertz CT molecular complexity index is 1520. The molecular formula is C37H36N2O4. The van der Waals surface area contributed by atoms with Crippen molar-refractivity contribution in [3.63, 3.8) is 0 Å². The van der Waals surface area contributed by atoms with Gasteiger partial charge in [-0.15, -0.1) is 0 Å². The first-order valence-electron chi connectivity index (χ1n) is 14.9. The molecule has 218 valence electrons. The second kappa shape index (κ2) is 16.5. The summed E-state index contributed by atoms with van der Waals surface area (Å²) in [6, 6.07) is 26.6. The van der Waals surface area contributed by atoms with E-state index in [0.717, 1.165) is 67.2 Å². The molecule has 6 heteroatoms. The average Bonchev–Trinajstić information content (AvgIpc) is 3.04. The van der Waals surface area contributed by atoms with Gasteiger partial charge in [-0.3, -0.25) is 9.59 Å². The molecule has 0 fully saturated rings. The molecule has 3 aromatic carbocycles. The number of benzene rings is 3. The molecule has 0 spiro atoms. The lowest BCUT2D eigenvalue weighted by Crippen LogP contribution is -2.07. The number of allylic oxidation sites excluding steroid dienone is 4. The van der Waals surface area contributed by atoms with E-state index >= 15 is 0 Å². The van der Waals surface area contributed by atoms with Crippen LogP contribution in [0.25, 0.3) is 16.7 Å². The van der Waals surface area contributed by atoms with Gasteiger partial charge in [-0.2, -0.15) is 10.5 Å². The lowest BCUT2D eigenvalue weighted by atomic mass is 9.94. The summed E-state index contributed by atoms with van der Waals surface area (Å²) in [4.78, 5) is 24.5. The molecule has 0 radical (unpaired) electrons. The van der Waals surface area contributed by atoms with Crippen LogP contribution in [0.1, 0.15) is 75.3 Å². The first-order chi connectivity index (χ1) is 21.0. The van der Waals surface area contributed by atoms with Crippen molar-refractivity contribution < 1.29 is 19.1 Å². The summed E-state index contributed by atoms with van der Waals surface area (Å²) in [6.07, 6.45) is 14.0. The molecule has 4 rings (SSSR count). The number of esters is 2. The highest BCUT2D eigenvalue weighted by molar-refractivity contribution is 5.77. The highest BCUT2D eigenvalue weighted by Gasteiger charge is 2.11. The monoisotopic (exact) mass is 572 g/mol. The summed E-state index contributed by atoms with van der Waals surface area (Å²) in [5.74, 6) is 0.541. The predicted octanol–water partition coefficient (Wildman–Crippen LogP) is 8.73. The van der Waals surface area contributed by atoms with Crippen molar-refractivity contribution in [3.05, 3.63) is 102 Å². The minimum atomic E-state index is -0.227. The molecule has 1 aliphatic rings. The highest BCUT2D eigenvalue weighted by Crippen LogP contribution is 2.27. The molecule has 1 unspecified atom stereocenters. The number of carbonyl (C=O) groups excluding carboxylic acids is 2. The Morgan fingerprint density at radius 3 is 1.84 bits per heavy atom. The van der Waals surface area contributed by atoms with Gasteiger partial charge in [0.05, 0.1) is 23.6 Å². The van der Waals surface area contributed by atoms with E-state index < -0.39 is 0 Å². The van der Waals surface area contributed by atoms with Gasteiger partial charge >= 0.3 is 11.9 Å². The smallest absolute Gasteiger partial charge is 0.311 e. The van der Waals surface area contributed by atoms with Crippen LogP contribution in [0.4, 0.5) is 0 Å². The van der Waals surface area contributed by atoms with Gasteiger partial charge in [0.25, 0.3) is 0 Å². The summed E-state index contributed by atoms with van der Waals surface area (Å²) >= 11 is 0. The fourth-order valence-electron chi connectivity index (χ4n) is 4.91. The van der Waals surface area contributed by atoms with Crippen molar-refractivity contribution in [2.75, 3.05) is 0 Å². The van der Waals surface area contributed by atoms with Crippen molar-refractivity contribution in [1.82, 2.24) is 0 Å². The van der Waals surface area contributed by atoms with Crippen LogP contribution >= 0.6 is 0 Å². The van der Waals surface area contributed by atoms with Crippen molar-refractivity contribution in [2.24, 2.45) is 5.92 Å². The molecule has 0 aliphatic heterocycles. The lowest BCUT2D eigenvalue weighted by Gasteiger charge is -2.12. The molecule has 0 bridgehead atoms. The Balaban J connectivity index is 1.03. The number of unbranched alkanes of at least 4 members (excludes halogenated alkanes) is 6. The predicted molar refractivity (Wildman–Crippen MR) is 167 cm³/mol. The summed E-state index contributed by atoms with van der Waals surface area (Å²) < 4.78 is 11.0. The van der Waals surface area contributed by atoms with Crippen LogP contribution in [-0.4, -0.2) is 11.9 Å². The normalized spacial score (nSPS) is 13.8. The molecule has 0 saturated carbocycles. The van der Waals surface area contributed by atoms with Crippen LogP contribution in [-0.2, 0) is 9.59 Å². The molecule has 0 aromatic heterocycles. The first-order valence-corrected chi connectivity index (χ1v) is 14.9. The number of ether oxygens (including phenoxy) is 2. The standard InChI is InChI=1S/C37H36N2O4/c38-26-28-13-17-30(18-14-28)31-21-23-34(24-22-31)42-36(40)11-6-4-2-1-3-5-7-12-37(41)43-35-10-8-9-33(25-35)32-19-15-29(27-39)16-20-32/h8-10,13-15,17-25,29H,1-7,11-12,16H2. The highest BCUT2D eigenvalue weighted by atomic mass is 16.5. The maximum Gasteiger partial charge on any atom is 0.311 e. The van der Waals surface area contributed by atoms with E-state index in [1.54, 1.807) is 30.3 Å². The second-order valence-electron chi connectivity index (χ2n) is 10.7. The summed E-state index contributed by atoms with van der Waals surface area (Å²) in [7, 11) is 0. The van der Waals surface area contributed by atoms with Gasteiger partial charge in [-0.25, -0.2) is 0 Å². The number of carbonyl (C=O) groups is 2. The number of hydrogen-bond donors (Lipinski definition) is 0. The molecular weight excluding hydrogens is 536 g/mol. The Morgan fingerprint density at radius 2 is 1.28 bits per heavy atom. The van der Waals surface area contributed by atoms with E-state index in [2.05, 4.69) is 12.1 Å². The largest absolute Gasteiger partial charge is 0.427 e. The SMILES string of the molecule is N#Cc1ccc(-c2ccc(OC(=O)CCCCCCCCCC(=O)Oc3cccc(C4=CCC(C#N)C=C4)c3)cc2)cc1. The molecule has 6 nitrogen and oxygen atoms in total. The molecule has 0 saturated heterocycles. The molecule has 43 heavy (non-hydrogen) atoms. The third-order valence-corrected chi connectivity index (χ3v) is 7.36. The van der Waals surface area contributed by atoms with Crippen LogP contribution < -0.4 is 9.47 Å². The second-order valence-corrected chi connectivity index (χ2v) is 10.7. The number of nitriles is 2. The summed E-state index contributed by atoms with van der Waals surface area (Å²) in [5, 5.41) is 18.0. The Kier molecular flexibility index (Phi) is 11.9. The Hall–Kier alpha value is -4.94. The van der Waals surface area contributed by atoms with Crippen LogP contribution in [0.2, 0.25) is 0 Å². The van der Waals surface area contributed by atoms with Crippen LogP contribution in [0.15, 0.2) is 91.0 Å². The summed E-state index contributed by atoms with van der Waals surface area (Å²) in [6.45, 7) is 0. The van der Waals surface area contributed by atoms with Crippen LogP contribution in [0.3, 0.4) is 0 Å². The maximum atomic E-state index is 12.3. The van der Waals surface area contributed by atoms with Crippen LogP contribution in [0, 0.1) is 28.6 Å². The minimum absolute atomic E-state index is 0.0770. The third-order valence-electron chi connectivity index (χ3n) is 7.36. The van der Waals surface area contributed by atoms with Gasteiger partial charge in [0.1, 0.15) is 11.5 Å². The fourth-order valence-corrected chi connectivity index (χ4v) is 4.91. The van der Waals surface area contributed by atoms with Gasteiger partial charge in [-0.05, 0) is 77.9 Å². The quantitative estimate of drug-likeness (QED) is 0.109. The fraction of sp³-hybridized carbons (Fsp3) is 0.297. The first kappa shape index (κ1) is 31.0. The third kappa shape index (κ3) is 10.1. The maximum absolute atomic E-state index is 12.3. The van der Waals surface area contributed by atoms with Crippen molar-refractivity contribution in [1.29, 1.82) is 10.5 Å². The van der Waals surface area contributed by atoms with E-state index in [0.29, 0.717) is 36.3 Å². The van der Waals surface area contributed by atoms with Crippen molar-refractivity contribution >= 4 is 17.5 Å². The number of rotatable bonds is 14. The van der Waals surface area contributed by atoms with E-state index in [9.17, 15) is 9.59 Å². The molecule has 1 atom stereocenters.